The minimum absolute atomic E-state index is 0.0104. The smallest absolute Gasteiger partial charge is 0.165 e. The molecule has 0 aliphatic rings. The number of nitrogens with one attached hydrogen (secondary N) is 1. The van der Waals surface area contributed by atoms with Crippen LogP contribution < -0.4 is 0 Å². The quantitative estimate of drug-likeness (QED) is 0.413. The highest BCUT2D eigenvalue weighted by atomic mass is 16.3. The van der Waals surface area contributed by atoms with Crippen molar-refractivity contribution in [1.29, 1.82) is 5.41 Å². The fourth-order valence-electron chi connectivity index (χ4n) is 2.98. The summed E-state index contributed by atoms with van der Waals surface area (Å²) in [5, 5.41) is 20.2. The van der Waals surface area contributed by atoms with Crippen LogP contribution in [0.15, 0.2) is 30.3 Å². The molecule has 4 nitrogen and oxygen atoms in total. The van der Waals surface area contributed by atoms with Gasteiger partial charge >= 0.3 is 0 Å². The molecule has 0 aromatic heterocycles. The number of hydrogen-bond acceptors (Lipinski definition) is 4. The number of aldehydes is 1. The Morgan fingerprint density at radius 3 is 2.56 bits per heavy atom. The van der Waals surface area contributed by atoms with Gasteiger partial charge in [0.25, 0.3) is 0 Å². The van der Waals surface area contributed by atoms with E-state index < -0.39 is 5.92 Å². The van der Waals surface area contributed by atoms with Gasteiger partial charge < -0.3 is 15.3 Å². The van der Waals surface area contributed by atoms with Gasteiger partial charge in [-0.1, -0.05) is 51.8 Å². The van der Waals surface area contributed by atoms with Crippen LogP contribution in [0.25, 0.3) is 10.8 Å². The number of aromatic hydroxyl groups is 1. The van der Waals surface area contributed by atoms with Crippen LogP contribution in [0.2, 0.25) is 0 Å². The van der Waals surface area contributed by atoms with E-state index in [1.807, 2.05) is 20.8 Å². The van der Waals surface area contributed by atoms with Crippen LogP contribution in [0.3, 0.4) is 0 Å². The van der Waals surface area contributed by atoms with Gasteiger partial charge in [0.05, 0.1) is 11.6 Å². The molecule has 0 heterocycles. The zero-order valence-corrected chi connectivity index (χ0v) is 15.0. The second kappa shape index (κ2) is 8.06. The Balaban J connectivity index is 2.52. The lowest BCUT2D eigenvalue weighted by molar-refractivity contribution is -0.109. The highest BCUT2D eigenvalue weighted by Gasteiger charge is 2.21. The van der Waals surface area contributed by atoms with E-state index in [4.69, 9.17) is 5.41 Å². The summed E-state index contributed by atoms with van der Waals surface area (Å²) in [7, 11) is 0. The Morgan fingerprint density at radius 1 is 1.24 bits per heavy atom. The molecule has 0 amide bonds. The number of hydrogen-bond donors (Lipinski definition) is 2. The fraction of sp³-hybridized carbons (Fsp3) is 0.381. The first kappa shape index (κ1) is 18.8. The maximum Gasteiger partial charge on any atom is 0.165 e. The molecule has 132 valence electrons. The van der Waals surface area contributed by atoms with E-state index >= 15 is 0 Å². The summed E-state index contributed by atoms with van der Waals surface area (Å²) < 4.78 is 0. The average molecular weight is 339 g/mol. The molecule has 2 aromatic carbocycles. The van der Waals surface area contributed by atoms with Crippen molar-refractivity contribution in [3.05, 3.63) is 41.5 Å². The molecular weight excluding hydrogens is 314 g/mol. The van der Waals surface area contributed by atoms with Crippen molar-refractivity contribution in [2.75, 3.05) is 0 Å². The Morgan fingerprint density at radius 2 is 1.96 bits per heavy atom. The molecule has 0 spiro atoms. The molecular formula is C21H25NO3. The third-order valence-corrected chi connectivity index (χ3v) is 4.48. The van der Waals surface area contributed by atoms with Gasteiger partial charge in [0.1, 0.15) is 12.0 Å². The molecule has 1 unspecified atom stereocenters. The minimum Gasteiger partial charge on any atom is -0.507 e. The molecule has 2 aromatic rings. The monoisotopic (exact) mass is 339 g/mol. The summed E-state index contributed by atoms with van der Waals surface area (Å²) in [6, 6.07) is 8.53. The Hall–Kier alpha value is -2.49. The molecule has 0 aliphatic carbocycles. The predicted octanol–water partition coefficient (Wildman–Crippen LogP) is 4.76. The third kappa shape index (κ3) is 3.95. The van der Waals surface area contributed by atoms with Crippen LogP contribution in [-0.4, -0.2) is 22.9 Å². The number of unbranched alkanes of at least 4 members (excludes halogenated alkanes) is 1. The molecule has 0 saturated carbocycles. The van der Waals surface area contributed by atoms with Crippen molar-refractivity contribution < 1.29 is 14.7 Å². The normalized spacial score (nSPS) is 12.3. The molecule has 2 rings (SSSR count). The molecule has 1 atom stereocenters. The zero-order valence-electron chi connectivity index (χ0n) is 15.0. The van der Waals surface area contributed by atoms with E-state index in [1.54, 1.807) is 24.3 Å². The average Bonchev–Trinajstić information content (AvgIpc) is 2.60. The molecule has 25 heavy (non-hydrogen) atoms. The number of carbonyl (C=O) groups is 2. The van der Waals surface area contributed by atoms with Crippen molar-refractivity contribution in [2.24, 2.45) is 11.8 Å². The zero-order chi connectivity index (χ0) is 18.6. The number of ketones is 1. The Kier molecular flexibility index (Phi) is 6.07. The summed E-state index contributed by atoms with van der Waals surface area (Å²) in [4.78, 5) is 23.6. The van der Waals surface area contributed by atoms with Crippen molar-refractivity contribution >= 4 is 28.6 Å². The lowest BCUT2D eigenvalue weighted by atomic mass is 9.88. The Bertz CT molecular complexity index is 808. The van der Waals surface area contributed by atoms with Gasteiger partial charge in [-0.15, -0.1) is 0 Å². The van der Waals surface area contributed by atoms with Gasteiger partial charge in [0.2, 0.25) is 0 Å². The van der Waals surface area contributed by atoms with Crippen LogP contribution in [0.4, 0.5) is 0 Å². The topological polar surface area (TPSA) is 78.2 Å². The second-order valence-electron chi connectivity index (χ2n) is 6.71. The first-order valence-corrected chi connectivity index (χ1v) is 8.74. The number of carbonyl (C=O) groups excluding carboxylic acids is 2. The van der Waals surface area contributed by atoms with E-state index in [2.05, 4.69) is 0 Å². The number of rotatable bonds is 8. The molecule has 0 radical (unpaired) electrons. The van der Waals surface area contributed by atoms with Crippen LogP contribution in [0, 0.1) is 17.2 Å². The SMILES string of the molecule is CCCCC(C=O)C(=N)c1c(O)ccc2cc(C(=O)C(C)C)ccc12. The van der Waals surface area contributed by atoms with Gasteiger partial charge in [0, 0.05) is 17.0 Å². The lowest BCUT2D eigenvalue weighted by Gasteiger charge is -2.16. The van der Waals surface area contributed by atoms with Crippen LogP contribution >= 0.6 is 0 Å². The standard InChI is InChI=1S/C21H25NO3/c1-4-5-6-16(12-23)20(22)19-17-9-7-15(21(25)13(2)3)11-14(17)8-10-18(19)24/h7-13,16,22,24H,4-6H2,1-3H3. The van der Waals surface area contributed by atoms with Gasteiger partial charge in [-0.2, -0.15) is 0 Å². The lowest BCUT2D eigenvalue weighted by Crippen LogP contribution is -2.17. The highest BCUT2D eigenvalue weighted by molar-refractivity contribution is 6.17. The molecule has 0 aliphatic heterocycles. The van der Waals surface area contributed by atoms with Gasteiger partial charge in [-0.25, -0.2) is 0 Å². The van der Waals surface area contributed by atoms with E-state index in [-0.39, 0.29) is 23.2 Å². The predicted molar refractivity (Wildman–Crippen MR) is 101 cm³/mol. The number of phenols is 1. The number of phenolic OH excluding ortho intramolecular Hbond substituents is 1. The second-order valence-corrected chi connectivity index (χ2v) is 6.71. The van der Waals surface area contributed by atoms with Gasteiger partial charge in [-0.3, -0.25) is 4.79 Å². The van der Waals surface area contributed by atoms with Gasteiger partial charge in [-0.05, 0) is 29.3 Å². The van der Waals surface area contributed by atoms with Gasteiger partial charge in [0.15, 0.2) is 5.78 Å². The maximum atomic E-state index is 12.2. The van der Waals surface area contributed by atoms with Crippen LogP contribution in [0.1, 0.15) is 56.0 Å². The van der Waals surface area contributed by atoms with E-state index in [1.165, 1.54) is 6.07 Å². The summed E-state index contributed by atoms with van der Waals surface area (Å²) in [5.74, 6) is -0.585. The molecule has 4 heteroatoms. The summed E-state index contributed by atoms with van der Waals surface area (Å²) >= 11 is 0. The number of fused-ring (bicyclic) bond motifs is 1. The largest absolute Gasteiger partial charge is 0.507 e. The summed E-state index contributed by atoms with van der Waals surface area (Å²) in [6.45, 7) is 5.74. The molecule has 0 saturated heterocycles. The van der Waals surface area contributed by atoms with E-state index in [0.717, 1.165) is 24.5 Å². The first-order valence-electron chi connectivity index (χ1n) is 8.74. The maximum absolute atomic E-state index is 12.2. The Labute approximate surface area is 148 Å². The fourth-order valence-corrected chi connectivity index (χ4v) is 2.98. The van der Waals surface area contributed by atoms with Crippen molar-refractivity contribution in [1.82, 2.24) is 0 Å². The molecule has 2 N–H and O–H groups in total. The summed E-state index contributed by atoms with van der Waals surface area (Å²) in [5.41, 5.74) is 1.13. The van der Waals surface area contributed by atoms with Crippen molar-refractivity contribution in [3.8, 4) is 5.75 Å². The summed E-state index contributed by atoms with van der Waals surface area (Å²) in [6.07, 6.45) is 3.18. The van der Waals surface area contributed by atoms with Crippen LogP contribution in [-0.2, 0) is 4.79 Å². The van der Waals surface area contributed by atoms with E-state index in [0.29, 0.717) is 22.9 Å². The number of Topliss-reactive ketones (excluding diaryl/α,β-unsaturated/α-hetero) is 1. The molecule has 0 fully saturated rings. The van der Waals surface area contributed by atoms with Crippen molar-refractivity contribution in [2.45, 2.75) is 40.0 Å². The minimum atomic E-state index is -0.534. The van der Waals surface area contributed by atoms with E-state index in [9.17, 15) is 14.7 Å². The molecule has 0 bridgehead atoms. The first-order chi connectivity index (χ1) is 11.9. The van der Waals surface area contributed by atoms with Crippen LogP contribution in [0.5, 0.6) is 5.75 Å². The highest BCUT2D eigenvalue weighted by Crippen LogP contribution is 2.31. The third-order valence-electron chi connectivity index (χ3n) is 4.48. The van der Waals surface area contributed by atoms with Crippen molar-refractivity contribution in [3.63, 3.8) is 0 Å². The number of benzene rings is 2.